The van der Waals surface area contributed by atoms with Gasteiger partial charge in [-0.15, -0.1) is 0 Å². The number of rotatable bonds is 5. The van der Waals surface area contributed by atoms with Crippen LogP contribution < -0.4 is 4.74 Å². The fourth-order valence-electron chi connectivity index (χ4n) is 1.87. The molecule has 0 N–H and O–H groups in total. The Morgan fingerprint density at radius 2 is 2.11 bits per heavy atom. The van der Waals surface area contributed by atoms with Crippen LogP contribution in [0.2, 0.25) is 0 Å². The lowest BCUT2D eigenvalue weighted by Gasteiger charge is -2.26. The van der Waals surface area contributed by atoms with Gasteiger partial charge in [0, 0.05) is 25.7 Å². The van der Waals surface area contributed by atoms with Crippen molar-refractivity contribution in [2.24, 2.45) is 0 Å². The first-order valence-electron chi connectivity index (χ1n) is 6.13. The van der Waals surface area contributed by atoms with Gasteiger partial charge in [-0.1, -0.05) is 0 Å². The van der Waals surface area contributed by atoms with Crippen molar-refractivity contribution in [1.82, 2.24) is 4.90 Å². The molecule has 1 aliphatic rings. The van der Waals surface area contributed by atoms with Gasteiger partial charge in [0.05, 0.1) is 24.3 Å². The lowest BCUT2D eigenvalue weighted by Crippen LogP contribution is -2.37. The molecule has 5 heteroatoms. The third-order valence-electron chi connectivity index (χ3n) is 2.88. The van der Waals surface area contributed by atoms with Crippen molar-refractivity contribution in [2.45, 2.75) is 6.42 Å². The average Bonchev–Trinajstić information content (AvgIpc) is 2.40. The number of hydrogen-bond donors (Lipinski definition) is 0. The van der Waals surface area contributed by atoms with Gasteiger partial charge in [0.25, 0.3) is 0 Å². The van der Waals surface area contributed by atoms with Crippen molar-refractivity contribution in [3.8, 4) is 5.75 Å². The van der Waals surface area contributed by atoms with E-state index < -0.39 is 0 Å². The molecule has 0 aliphatic carbocycles. The van der Waals surface area contributed by atoms with Crippen LogP contribution in [0.5, 0.6) is 5.75 Å². The van der Waals surface area contributed by atoms with E-state index in [1.165, 1.54) is 6.07 Å². The van der Waals surface area contributed by atoms with Crippen LogP contribution in [0.25, 0.3) is 0 Å². The molecule has 1 aromatic rings. The fourth-order valence-corrected chi connectivity index (χ4v) is 2.12. The summed E-state index contributed by atoms with van der Waals surface area (Å²) in [5, 5.41) is 0. The standard InChI is InChI=1S/C13H17BrFNO2/c14-12-3-2-11(10-13(12)15)18-7-1-4-16-5-8-17-9-6-16/h2-3,10H,1,4-9H2. The summed E-state index contributed by atoms with van der Waals surface area (Å²) in [6.45, 7) is 5.23. The molecule has 0 atom stereocenters. The first kappa shape index (κ1) is 13.8. The Morgan fingerprint density at radius 3 is 2.83 bits per heavy atom. The van der Waals surface area contributed by atoms with Gasteiger partial charge >= 0.3 is 0 Å². The van der Waals surface area contributed by atoms with Crippen LogP contribution in [0.3, 0.4) is 0 Å². The summed E-state index contributed by atoms with van der Waals surface area (Å²) in [6, 6.07) is 4.83. The second-order valence-corrected chi connectivity index (χ2v) is 5.09. The SMILES string of the molecule is Fc1cc(OCCCN2CCOCC2)ccc1Br. The fraction of sp³-hybridized carbons (Fsp3) is 0.538. The highest BCUT2D eigenvalue weighted by molar-refractivity contribution is 9.10. The van der Waals surface area contributed by atoms with Crippen LogP contribution in [-0.4, -0.2) is 44.4 Å². The summed E-state index contributed by atoms with van der Waals surface area (Å²) in [6.07, 6.45) is 0.942. The Morgan fingerprint density at radius 1 is 1.33 bits per heavy atom. The number of nitrogens with zero attached hydrogens (tertiary/aromatic N) is 1. The molecule has 0 bridgehead atoms. The molecule has 2 rings (SSSR count). The molecule has 100 valence electrons. The molecule has 1 saturated heterocycles. The summed E-state index contributed by atoms with van der Waals surface area (Å²) < 4.78 is 24.5. The zero-order chi connectivity index (χ0) is 12.8. The highest BCUT2D eigenvalue weighted by Crippen LogP contribution is 2.20. The molecule has 0 amide bonds. The summed E-state index contributed by atoms with van der Waals surface area (Å²) in [5.74, 6) is 0.290. The van der Waals surface area contributed by atoms with Crippen molar-refractivity contribution < 1.29 is 13.9 Å². The van der Waals surface area contributed by atoms with E-state index in [2.05, 4.69) is 20.8 Å². The van der Waals surface area contributed by atoms with Crippen LogP contribution in [-0.2, 0) is 4.74 Å². The molecular weight excluding hydrogens is 301 g/mol. The topological polar surface area (TPSA) is 21.7 Å². The minimum absolute atomic E-state index is 0.291. The molecule has 3 nitrogen and oxygen atoms in total. The van der Waals surface area contributed by atoms with Gasteiger partial charge in [0.1, 0.15) is 11.6 Å². The predicted octanol–water partition coefficient (Wildman–Crippen LogP) is 2.69. The van der Waals surface area contributed by atoms with E-state index >= 15 is 0 Å². The molecule has 0 radical (unpaired) electrons. The maximum atomic E-state index is 13.2. The third kappa shape index (κ3) is 4.23. The number of morpholine rings is 1. The molecule has 1 fully saturated rings. The third-order valence-corrected chi connectivity index (χ3v) is 3.53. The highest BCUT2D eigenvalue weighted by atomic mass is 79.9. The van der Waals surface area contributed by atoms with E-state index in [1.54, 1.807) is 12.1 Å². The maximum absolute atomic E-state index is 13.2. The number of halogens is 2. The molecule has 1 heterocycles. The molecule has 1 aromatic carbocycles. The summed E-state index contributed by atoms with van der Waals surface area (Å²) in [5.41, 5.74) is 0. The van der Waals surface area contributed by atoms with E-state index in [0.717, 1.165) is 39.3 Å². The minimum atomic E-state index is -0.291. The van der Waals surface area contributed by atoms with E-state index in [1.807, 2.05) is 0 Å². The summed E-state index contributed by atoms with van der Waals surface area (Å²) in [4.78, 5) is 2.36. The van der Waals surface area contributed by atoms with E-state index in [0.29, 0.717) is 16.8 Å². The van der Waals surface area contributed by atoms with Crippen LogP contribution in [0.1, 0.15) is 6.42 Å². The van der Waals surface area contributed by atoms with E-state index in [-0.39, 0.29) is 5.82 Å². The molecular formula is C13H17BrFNO2. The summed E-state index contributed by atoms with van der Waals surface area (Å²) in [7, 11) is 0. The first-order valence-corrected chi connectivity index (χ1v) is 6.93. The predicted molar refractivity (Wildman–Crippen MR) is 71.5 cm³/mol. The van der Waals surface area contributed by atoms with Gasteiger partial charge in [-0.3, -0.25) is 4.90 Å². The van der Waals surface area contributed by atoms with Gasteiger partial charge in [0.15, 0.2) is 0 Å². The van der Waals surface area contributed by atoms with Gasteiger partial charge in [-0.2, -0.15) is 0 Å². The van der Waals surface area contributed by atoms with Crippen molar-refractivity contribution in [3.63, 3.8) is 0 Å². The van der Waals surface area contributed by atoms with Crippen molar-refractivity contribution in [3.05, 3.63) is 28.5 Å². The normalized spacial score (nSPS) is 16.8. The quantitative estimate of drug-likeness (QED) is 0.779. The van der Waals surface area contributed by atoms with Crippen molar-refractivity contribution in [1.29, 1.82) is 0 Å². The molecule has 0 aromatic heterocycles. The van der Waals surface area contributed by atoms with Crippen molar-refractivity contribution in [2.75, 3.05) is 39.5 Å². The van der Waals surface area contributed by atoms with Crippen LogP contribution in [0.15, 0.2) is 22.7 Å². The van der Waals surface area contributed by atoms with E-state index in [4.69, 9.17) is 9.47 Å². The largest absolute Gasteiger partial charge is 0.493 e. The number of hydrogen-bond acceptors (Lipinski definition) is 3. The van der Waals surface area contributed by atoms with Crippen LogP contribution in [0, 0.1) is 5.82 Å². The molecule has 0 unspecified atom stereocenters. The molecule has 0 saturated carbocycles. The van der Waals surface area contributed by atoms with Gasteiger partial charge in [0.2, 0.25) is 0 Å². The first-order chi connectivity index (χ1) is 8.75. The molecule has 18 heavy (non-hydrogen) atoms. The molecule has 0 spiro atoms. The maximum Gasteiger partial charge on any atom is 0.141 e. The van der Waals surface area contributed by atoms with Gasteiger partial charge in [-0.05, 0) is 34.5 Å². The monoisotopic (exact) mass is 317 g/mol. The Bertz CT molecular complexity index is 383. The van der Waals surface area contributed by atoms with Gasteiger partial charge in [-0.25, -0.2) is 4.39 Å². The number of benzene rings is 1. The van der Waals surface area contributed by atoms with Crippen LogP contribution in [0.4, 0.5) is 4.39 Å². The minimum Gasteiger partial charge on any atom is -0.493 e. The average molecular weight is 318 g/mol. The Labute approximate surface area is 115 Å². The number of ether oxygens (including phenoxy) is 2. The second-order valence-electron chi connectivity index (χ2n) is 4.23. The Hall–Kier alpha value is -0.650. The smallest absolute Gasteiger partial charge is 0.141 e. The second kappa shape index (κ2) is 7.07. The lowest BCUT2D eigenvalue weighted by molar-refractivity contribution is 0.0358. The summed E-state index contributed by atoms with van der Waals surface area (Å²) >= 11 is 3.11. The van der Waals surface area contributed by atoms with Gasteiger partial charge < -0.3 is 9.47 Å². The van der Waals surface area contributed by atoms with E-state index in [9.17, 15) is 4.39 Å². The Balaban J connectivity index is 1.66. The lowest BCUT2D eigenvalue weighted by atomic mass is 10.3. The highest BCUT2D eigenvalue weighted by Gasteiger charge is 2.09. The Kier molecular flexibility index (Phi) is 5.41. The zero-order valence-electron chi connectivity index (χ0n) is 10.2. The van der Waals surface area contributed by atoms with Crippen LogP contribution >= 0.6 is 15.9 Å². The zero-order valence-corrected chi connectivity index (χ0v) is 11.8. The molecule has 1 aliphatic heterocycles. The van der Waals surface area contributed by atoms with Crippen molar-refractivity contribution >= 4 is 15.9 Å².